The van der Waals surface area contributed by atoms with Gasteiger partial charge in [-0.25, -0.2) is 4.79 Å². The zero-order valence-corrected chi connectivity index (χ0v) is 9.87. The average molecular weight is 269 g/mol. The van der Waals surface area contributed by atoms with Gasteiger partial charge in [-0.15, -0.1) is 0 Å². The zero-order chi connectivity index (χ0) is 11.2. The summed E-state index contributed by atoms with van der Waals surface area (Å²) in [4.78, 5) is 11.1. The van der Waals surface area contributed by atoms with Crippen molar-refractivity contribution in [1.82, 2.24) is 9.78 Å². The number of carboxylic acids is 1. The van der Waals surface area contributed by atoms with Crippen LogP contribution in [0.2, 0.25) is 0 Å². The minimum atomic E-state index is -0.941. The maximum absolute atomic E-state index is 11.1. The van der Waals surface area contributed by atoms with Gasteiger partial charge in [0.1, 0.15) is 0 Å². The third-order valence-corrected chi connectivity index (χ3v) is 3.11. The van der Waals surface area contributed by atoms with Gasteiger partial charge in [-0.2, -0.15) is 5.10 Å². The van der Waals surface area contributed by atoms with Crippen molar-refractivity contribution in [3.05, 3.63) is 27.9 Å². The first-order valence-electron chi connectivity index (χ1n) is 4.37. The summed E-state index contributed by atoms with van der Waals surface area (Å²) in [7, 11) is 1.80. The predicted molar refractivity (Wildman–Crippen MR) is 60.1 cm³/mol. The summed E-state index contributed by atoms with van der Waals surface area (Å²) in [6.45, 7) is 1.86. The number of benzene rings is 1. The number of halogens is 1. The molecule has 0 atom stereocenters. The molecule has 1 aromatic heterocycles. The summed E-state index contributed by atoms with van der Waals surface area (Å²) < 4.78 is 2.27. The highest BCUT2D eigenvalue weighted by molar-refractivity contribution is 9.10. The highest BCUT2D eigenvalue weighted by atomic mass is 79.9. The van der Waals surface area contributed by atoms with Crippen molar-refractivity contribution >= 4 is 32.8 Å². The van der Waals surface area contributed by atoms with E-state index in [0.29, 0.717) is 15.4 Å². The molecule has 0 unspecified atom stereocenters. The molecule has 4 nitrogen and oxygen atoms in total. The van der Waals surface area contributed by atoms with Crippen LogP contribution in [-0.2, 0) is 7.05 Å². The Balaban J connectivity index is 2.97. The smallest absolute Gasteiger partial charge is 0.337 e. The first-order valence-corrected chi connectivity index (χ1v) is 5.16. The second-order valence-electron chi connectivity index (χ2n) is 3.33. The molecule has 0 aliphatic carbocycles. The second kappa shape index (κ2) is 3.34. The molecule has 0 amide bonds. The van der Waals surface area contributed by atoms with E-state index in [-0.39, 0.29) is 5.56 Å². The van der Waals surface area contributed by atoms with Crippen molar-refractivity contribution in [2.45, 2.75) is 6.92 Å². The number of rotatable bonds is 1. The van der Waals surface area contributed by atoms with Crippen LogP contribution < -0.4 is 0 Å². The molecule has 15 heavy (non-hydrogen) atoms. The standard InChI is InChI=1S/C10H9BrN2O2/c1-5-8-7(12-13(5)2)4-3-6(11)9(8)10(14)15/h3-4H,1-2H3,(H,14,15). The molecule has 78 valence electrons. The van der Waals surface area contributed by atoms with Gasteiger partial charge in [0.2, 0.25) is 0 Å². The molecule has 0 aliphatic heterocycles. The summed E-state index contributed by atoms with van der Waals surface area (Å²) in [6, 6.07) is 3.51. The van der Waals surface area contributed by atoms with Crippen LogP contribution in [0.25, 0.3) is 10.9 Å². The van der Waals surface area contributed by atoms with Crippen LogP contribution in [0.5, 0.6) is 0 Å². The number of hydrogen-bond donors (Lipinski definition) is 1. The van der Waals surface area contributed by atoms with Gasteiger partial charge in [0, 0.05) is 22.6 Å². The van der Waals surface area contributed by atoms with Gasteiger partial charge in [-0.1, -0.05) is 0 Å². The van der Waals surface area contributed by atoms with E-state index >= 15 is 0 Å². The Morgan fingerprint density at radius 1 is 1.53 bits per heavy atom. The Morgan fingerprint density at radius 3 is 2.80 bits per heavy atom. The lowest BCUT2D eigenvalue weighted by atomic mass is 10.1. The number of hydrogen-bond acceptors (Lipinski definition) is 2. The summed E-state index contributed by atoms with van der Waals surface area (Å²) in [5, 5.41) is 14.1. The topological polar surface area (TPSA) is 55.1 Å². The van der Waals surface area contributed by atoms with Gasteiger partial charge >= 0.3 is 5.97 Å². The van der Waals surface area contributed by atoms with Gasteiger partial charge in [0.05, 0.1) is 11.1 Å². The quantitative estimate of drug-likeness (QED) is 0.864. The summed E-state index contributed by atoms with van der Waals surface area (Å²) in [6.07, 6.45) is 0. The van der Waals surface area contributed by atoms with Crippen molar-refractivity contribution in [3.63, 3.8) is 0 Å². The number of carbonyl (C=O) groups is 1. The number of fused-ring (bicyclic) bond motifs is 1. The largest absolute Gasteiger partial charge is 0.478 e. The summed E-state index contributed by atoms with van der Waals surface area (Å²) in [5.74, 6) is -0.941. The van der Waals surface area contributed by atoms with Crippen LogP contribution in [0, 0.1) is 6.92 Å². The Morgan fingerprint density at radius 2 is 2.20 bits per heavy atom. The molecule has 0 spiro atoms. The highest BCUT2D eigenvalue weighted by Gasteiger charge is 2.17. The number of aromatic carboxylic acids is 1. The van der Waals surface area contributed by atoms with Crippen molar-refractivity contribution in [3.8, 4) is 0 Å². The number of aromatic nitrogens is 2. The molecule has 0 radical (unpaired) electrons. The Bertz CT molecular complexity index is 560. The van der Waals surface area contributed by atoms with E-state index in [2.05, 4.69) is 21.0 Å². The first-order chi connectivity index (χ1) is 7.02. The molecule has 0 saturated heterocycles. The van der Waals surface area contributed by atoms with E-state index in [4.69, 9.17) is 5.11 Å². The molecule has 2 rings (SSSR count). The molecule has 1 heterocycles. The van der Waals surface area contributed by atoms with Gasteiger partial charge < -0.3 is 5.11 Å². The minimum absolute atomic E-state index is 0.276. The van der Waals surface area contributed by atoms with Crippen molar-refractivity contribution < 1.29 is 9.90 Å². The van der Waals surface area contributed by atoms with E-state index in [0.717, 1.165) is 5.69 Å². The number of nitrogens with zero attached hydrogens (tertiary/aromatic N) is 2. The fourth-order valence-electron chi connectivity index (χ4n) is 1.62. The van der Waals surface area contributed by atoms with E-state index in [1.54, 1.807) is 23.9 Å². The van der Waals surface area contributed by atoms with Gasteiger partial charge in [-0.05, 0) is 35.0 Å². The molecule has 0 fully saturated rings. The number of carboxylic acid groups (broad SMARTS) is 1. The molecular formula is C10H9BrN2O2. The third kappa shape index (κ3) is 1.43. The van der Waals surface area contributed by atoms with Crippen LogP contribution >= 0.6 is 15.9 Å². The SMILES string of the molecule is Cc1c2c(C(=O)O)c(Br)ccc2nn1C. The number of aryl methyl sites for hydroxylation is 2. The third-order valence-electron chi connectivity index (χ3n) is 2.45. The first kappa shape index (κ1) is 10.2. The minimum Gasteiger partial charge on any atom is -0.478 e. The van der Waals surface area contributed by atoms with E-state index in [1.165, 1.54) is 0 Å². The summed E-state index contributed by atoms with van der Waals surface area (Å²) in [5.41, 5.74) is 1.83. The Kier molecular flexibility index (Phi) is 2.26. The second-order valence-corrected chi connectivity index (χ2v) is 4.19. The van der Waals surface area contributed by atoms with Crippen LogP contribution in [0.4, 0.5) is 0 Å². The van der Waals surface area contributed by atoms with Crippen molar-refractivity contribution in [2.75, 3.05) is 0 Å². The molecule has 0 aliphatic rings. The fourth-order valence-corrected chi connectivity index (χ4v) is 2.12. The maximum Gasteiger partial charge on any atom is 0.337 e. The van der Waals surface area contributed by atoms with Gasteiger partial charge in [0.15, 0.2) is 0 Å². The van der Waals surface area contributed by atoms with Crippen LogP contribution in [0.3, 0.4) is 0 Å². The summed E-state index contributed by atoms with van der Waals surface area (Å²) >= 11 is 3.24. The van der Waals surface area contributed by atoms with E-state index in [9.17, 15) is 4.79 Å². The predicted octanol–water partition coefficient (Wildman–Crippen LogP) is 2.34. The molecule has 0 saturated carbocycles. The fraction of sp³-hybridized carbons (Fsp3) is 0.200. The highest BCUT2D eigenvalue weighted by Crippen LogP contribution is 2.28. The lowest BCUT2D eigenvalue weighted by Crippen LogP contribution is -1.99. The zero-order valence-electron chi connectivity index (χ0n) is 8.28. The van der Waals surface area contributed by atoms with Crippen LogP contribution in [0.1, 0.15) is 16.1 Å². The normalized spacial score (nSPS) is 10.9. The van der Waals surface area contributed by atoms with E-state index in [1.807, 2.05) is 6.92 Å². The monoisotopic (exact) mass is 268 g/mol. The average Bonchev–Trinajstić information content (AvgIpc) is 2.44. The lowest BCUT2D eigenvalue weighted by molar-refractivity contribution is 0.0698. The van der Waals surface area contributed by atoms with Crippen LogP contribution in [0.15, 0.2) is 16.6 Å². The maximum atomic E-state index is 11.1. The van der Waals surface area contributed by atoms with Crippen molar-refractivity contribution in [1.29, 1.82) is 0 Å². The molecular weight excluding hydrogens is 260 g/mol. The van der Waals surface area contributed by atoms with Crippen molar-refractivity contribution in [2.24, 2.45) is 7.05 Å². The van der Waals surface area contributed by atoms with Gasteiger partial charge in [0.25, 0.3) is 0 Å². The molecule has 5 heteroatoms. The van der Waals surface area contributed by atoms with Crippen LogP contribution in [-0.4, -0.2) is 20.9 Å². The lowest BCUT2D eigenvalue weighted by Gasteiger charge is -2.01. The molecule has 1 aromatic carbocycles. The Hall–Kier alpha value is -1.36. The molecule has 1 N–H and O–H groups in total. The Labute approximate surface area is 94.6 Å². The molecule has 2 aromatic rings. The van der Waals surface area contributed by atoms with Gasteiger partial charge in [-0.3, -0.25) is 4.68 Å². The molecule has 0 bridgehead atoms. The van der Waals surface area contributed by atoms with E-state index < -0.39 is 5.97 Å².